The van der Waals surface area contributed by atoms with Gasteiger partial charge in [-0.05, 0) is 63.4 Å². The molecule has 1 aromatic carbocycles. The summed E-state index contributed by atoms with van der Waals surface area (Å²) in [6.45, 7) is 8.85. The number of ether oxygens (including phenoxy) is 1. The Balaban J connectivity index is 1.74. The fourth-order valence-corrected chi connectivity index (χ4v) is 3.86. The Morgan fingerprint density at radius 1 is 1.28 bits per heavy atom. The van der Waals surface area contributed by atoms with Crippen LogP contribution in [0.4, 0.5) is 9.18 Å². The second kappa shape index (κ2) is 7.17. The zero-order chi connectivity index (χ0) is 20.8. The molecule has 29 heavy (non-hydrogen) atoms. The lowest BCUT2D eigenvalue weighted by Crippen LogP contribution is -2.40. The van der Waals surface area contributed by atoms with Gasteiger partial charge >= 0.3 is 6.09 Å². The first-order valence-corrected chi connectivity index (χ1v) is 9.91. The molecule has 0 saturated carbocycles. The highest BCUT2D eigenvalue weighted by Crippen LogP contribution is 2.31. The molecule has 0 aliphatic carbocycles. The standard InChI is InChI=1S/C23H26FN3O2/c1-15-7-8-16(19(24)12-15)13-27-20-14-26(22(28)29-23(2,3)4)11-9-17(20)18-6-5-10-25-21(18)27/h5-8,10,12H,9,11,13-14H2,1-4H3. The van der Waals surface area contributed by atoms with E-state index in [1.165, 1.54) is 5.56 Å². The second-order valence-electron chi connectivity index (χ2n) is 8.63. The van der Waals surface area contributed by atoms with Crippen molar-refractivity contribution in [2.45, 2.75) is 52.8 Å². The number of nitrogens with zero attached hydrogens (tertiary/aromatic N) is 3. The van der Waals surface area contributed by atoms with Crippen LogP contribution in [-0.2, 0) is 24.2 Å². The van der Waals surface area contributed by atoms with Crippen molar-refractivity contribution in [2.75, 3.05) is 6.54 Å². The van der Waals surface area contributed by atoms with E-state index >= 15 is 0 Å². The third kappa shape index (κ3) is 3.84. The molecule has 0 atom stereocenters. The van der Waals surface area contributed by atoms with Gasteiger partial charge in [0.2, 0.25) is 0 Å². The van der Waals surface area contributed by atoms with E-state index in [2.05, 4.69) is 4.98 Å². The Labute approximate surface area is 170 Å². The van der Waals surface area contributed by atoms with Crippen LogP contribution in [0.2, 0.25) is 0 Å². The number of carbonyl (C=O) groups excluding carboxylic acids is 1. The number of rotatable bonds is 2. The summed E-state index contributed by atoms with van der Waals surface area (Å²) in [6.07, 6.45) is 2.15. The van der Waals surface area contributed by atoms with Gasteiger partial charge in [-0.15, -0.1) is 0 Å². The number of fused-ring (bicyclic) bond motifs is 3. The highest BCUT2D eigenvalue weighted by Gasteiger charge is 2.30. The number of hydrogen-bond donors (Lipinski definition) is 0. The van der Waals surface area contributed by atoms with E-state index in [0.29, 0.717) is 25.2 Å². The highest BCUT2D eigenvalue weighted by molar-refractivity contribution is 5.83. The van der Waals surface area contributed by atoms with Gasteiger partial charge in [0.05, 0.1) is 13.1 Å². The number of aryl methyl sites for hydroxylation is 1. The molecule has 4 rings (SSSR count). The lowest BCUT2D eigenvalue weighted by atomic mass is 10.0. The molecule has 1 aliphatic heterocycles. The van der Waals surface area contributed by atoms with E-state index in [4.69, 9.17) is 4.74 Å². The van der Waals surface area contributed by atoms with Crippen molar-refractivity contribution < 1.29 is 13.9 Å². The van der Waals surface area contributed by atoms with Crippen molar-refractivity contribution >= 4 is 17.1 Å². The number of carbonyl (C=O) groups is 1. The summed E-state index contributed by atoms with van der Waals surface area (Å²) in [5.41, 5.74) is 3.95. The minimum Gasteiger partial charge on any atom is -0.444 e. The Kier molecular flexibility index (Phi) is 4.81. The quantitative estimate of drug-likeness (QED) is 0.625. The molecule has 0 fully saturated rings. The maximum absolute atomic E-state index is 14.5. The van der Waals surface area contributed by atoms with Gasteiger partial charge in [-0.3, -0.25) is 0 Å². The van der Waals surface area contributed by atoms with Crippen LogP contribution in [0.15, 0.2) is 36.5 Å². The average molecular weight is 395 g/mol. The van der Waals surface area contributed by atoms with Crippen molar-refractivity contribution in [3.8, 4) is 0 Å². The summed E-state index contributed by atoms with van der Waals surface area (Å²) in [6, 6.07) is 9.25. The molecule has 6 heteroatoms. The molecule has 3 aromatic rings. The van der Waals surface area contributed by atoms with Gasteiger partial charge in [0.15, 0.2) is 0 Å². The number of pyridine rings is 1. The Morgan fingerprint density at radius 2 is 2.07 bits per heavy atom. The molecule has 0 bridgehead atoms. The van der Waals surface area contributed by atoms with Crippen LogP contribution >= 0.6 is 0 Å². The molecular weight excluding hydrogens is 369 g/mol. The normalized spacial score (nSPS) is 14.2. The molecule has 5 nitrogen and oxygen atoms in total. The smallest absolute Gasteiger partial charge is 0.410 e. The molecule has 1 amide bonds. The monoisotopic (exact) mass is 395 g/mol. The van der Waals surface area contributed by atoms with Gasteiger partial charge < -0.3 is 14.2 Å². The van der Waals surface area contributed by atoms with E-state index in [9.17, 15) is 9.18 Å². The maximum Gasteiger partial charge on any atom is 0.410 e. The number of aromatic nitrogens is 2. The molecule has 1 aliphatic rings. The predicted octanol–water partition coefficient (Wildman–Crippen LogP) is 4.83. The van der Waals surface area contributed by atoms with E-state index < -0.39 is 5.60 Å². The van der Waals surface area contributed by atoms with Crippen molar-refractivity contribution in [1.82, 2.24) is 14.5 Å². The lowest BCUT2D eigenvalue weighted by molar-refractivity contribution is 0.0219. The van der Waals surface area contributed by atoms with Crippen molar-refractivity contribution in [3.05, 3.63) is 64.7 Å². The Hall–Kier alpha value is -2.89. The minimum absolute atomic E-state index is 0.226. The van der Waals surface area contributed by atoms with Crippen LogP contribution in [0.1, 0.15) is 43.2 Å². The molecule has 2 aromatic heterocycles. The number of hydrogen-bond acceptors (Lipinski definition) is 3. The fraction of sp³-hybridized carbons (Fsp3) is 0.391. The summed E-state index contributed by atoms with van der Waals surface area (Å²) < 4.78 is 22.1. The highest BCUT2D eigenvalue weighted by atomic mass is 19.1. The largest absolute Gasteiger partial charge is 0.444 e. The van der Waals surface area contributed by atoms with Gasteiger partial charge in [-0.25, -0.2) is 14.2 Å². The molecule has 0 saturated heterocycles. The predicted molar refractivity (Wildman–Crippen MR) is 110 cm³/mol. The van der Waals surface area contributed by atoms with Crippen LogP contribution in [0.3, 0.4) is 0 Å². The lowest BCUT2D eigenvalue weighted by Gasteiger charge is -2.31. The van der Waals surface area contributed by atoms with Crippen LogP contribution in [0.25, 0.3) is 11.0 Å². The molecule has 152 valence electrons. The van der Waals surface area contributed by atoms with Gasteiger partial charge in [-0.2, -0.15) is 0 Å². The summed E-state index contributed by atoms with van der Waals surface area (Å²) >= 11 is 0. The van der Waals surface area contributed by atoms with Crippen LogP contribution in [0.5, 0.6) is 0 Å². The first kappa shape index (κ1) is 19.4. The van der Waals surface area contributed by atoms with Crippen LogP contribution < -0.4 is 0 Å². The number of benzene rings is 1. The zero-order valence-corrected chi connectivity index (χ0v) is 17.3. The van der Waals surface area contributed by atoms with E-state index in [-0.39, 0.29) is 11.9 Å². The third-order valence-corrected chi connectivity index (χ3v) is 5.20. The SMILES string of the molecule is Cc1ccc(Cn2c3c(c4cccnc42)CCN(C(=O)OC(C)(C)C)C3)c(F)c1. The van der Waals surface area contributed by atoms with E-state index in [1.807, 2.05) is 56.5 Å². The molecule has 3 heterocycles. The molecule has 0 radical (unpaired) electrons. The van der Waals surface area contributed by atoms with Crippen molar-refractivity contribution in [3.63, 3.8) is 0 Å². The molecule has 0 N–H and O–H groups in total. The van der Waals surface area contributed by atoms with Crippen LogP contribution in [-0.4, -0.2) is 32.7 Å². The van der Waals surface area contributed by atoms with E-state index in [0.717, 1.165) is 28.7 Å². The summed E-state index contributed by atoms with van der Waals surface area (Å²) in [5, 5.41) is 1.07. The van der Waals surface area contributed by atoms with Gasteiger partial charge in [-0.1, -0.05) is 12.1 Å². The van der Waals surface area contributed by atoms with E-state index in [1.54, 1.807) is 17.2 Å². The second-order valence-corrected chi connectivity index (χ2v) is 8.63. The van der Waals surface area contributed by atoms with Crippen LogP contribution in [0, 0.1) is 12.7 Å². The molecule has 0 unspecified atom stereocenters. The average Bonchev–Trinajstić information content (AvgIpc) is 2.96. The minimum atomic E-state index is -0.545. The Morgan fingerprint density at radius 3 is 2.79 bits per heavy atom. The number of halogens is 1. The molecular formula is C23H26FN3O2. The van der Waals surface area contributed by atoms with Gasteiger partial charge in [0.1, 0.15) is 17.1 Å². The zero-order valence-electron chi connectivity index (χ0n) is 17.3. The van der Waals surface area contributed by atoms with Gasteiger partial charge in [0, 0.05) is 29.4 Å². The van der Waals surface area contributed by atoms with Crippen molar-refractivity contribution in [1.29, 1.82) is 0 Å². The first-order valence-electron chi connectivity index (χ1n) is 9.91. The number of amides is 1. The summed E-state index contributed by atoms with van der Waals surface area (Å²) in [4.78, 5) is 18.9. The molecule has 0 spiro atoms. The summed E-state index contributed by atoms with van der Waals surface area (Å²) in [7, 11) is 0. The first-order chi connectivity index (χ1) is 13.7. The summed E-state index contributed by atoms with van der Waals surface area (Å²) in [5.74, 6) is -0.226. The third-order valence-electron chi connectivity index (χ3n) is 5.20. The fourth-order valence-electron chi connectivity index (χ4n) is 3.86. The maximum atomic E-state index is 14.5. The van der Waals surface area contributed by atoms with Crippen molar-refractivity contribution in [2.24, 2.45) is 0 Å². The topological polar surface area (TPSA) is 47.4 Å². The van der Waals surface area contributed by atoms with Gasteiger partial charge in [0.25, 0.3) is 0 Å². The Bertz CT molecular complexity index is 1080.